The van der Waals surface area contributed by atoms with Gasteiger partial charge in [-0.25, -0.2) is 15.0 Å². The van der Waals surface area contributed by atoms with E-state index in [1.165, 1.54) is 22.2 Å². The summed E-state index contributed by atoms with van der Waals surface area (Å²) in [7, 11) is 0. The van der Waals surface area contributed by atoms with E-state index in [4.69, 9.17) is 11.6 Å². The Morgan fingerprint density at radius 2 is 2.15 bits per heavy atom. The van der Waals surface area contributed by atoms with Gasteiger partial charge >= 0.3 is 0 Å². The van der Waals surface area contributed by atoms with Crippen molar-refractivity contribution in [1.29, 1.82) is 0 Å². The van der Waals surface area contributed by atoms with Gasteiger partial charge in [-0.3, -0.25) is 4.79 Å². The predicted molar refractivity (Wildman–Crippen MR) is 110 cm³/mol. The Morgan fingerprint density at radius 1 is 1.30 bits per heavy atom. The lowest BCUT2D eigenvalue weighted by molar-refractivity contribution is -0.118. The van der Waals surface area contributed by atoms with Crippen LogP contribution in [0.4, 0.5) is 0 Å². The summed E-state index contributed by atoms with van der Waals surface area (Å²) >= 11 is 9.06. The number of fused-ring (bicyclic) bond motifs is 2. The van der Waals surface area contributed by atoms with Crippen LogP contribution in [0.15, 0.2) is 35.9 Å². The Bertz CT molecular complexity index is 1150. The van der Waals surface area contributed by atoms with Gasteiger partial charge in [-0.05, 0) is 31.5 Å². The van der Waals surface area contributed by atoms with E-state index in [0.717, 1.165) is 26.6 Å². The maximum absolute atomic E-state index is 12.3. The molecule has 0 aliphatic rings. The van der Waals surface area contributed by atoms with E-state index in [2.05, 4.69) is 34.1 Å². The van der Waals surface area contributed by atoms with Gasteiger partial charge in [0.05, 0.1) is 23.0 Å². The molecule has 0 aromatic carbocycles. The summed E-state index contributed by atoms with van der Waals surface area (Å²) in [4.78, 5) is 27.6. The van der Waals surface area contributed by atoms with Crippen molar-refractivity contribution in [3.63, 3.8) is 0 Å². The number of thiophene rings is 1. The molecule has 138 valence electrons. The van der Waals surface area contributed by atoms with Crippen LogP contribution in [0.2, 0.25) is 5.02 Å². The molecular formula is C18H16ClN5OS2. The highest BCUT2D eigenvalue weighted by Gasteiger charge is 2.14. The van der Waals surface area contributed by atoms with Gasteiger partial charge in [-0.2, -0.15) is 0 Å². The second-order valence-electron chi connectivity index (χ2n) is 6.05. The summed E-state index contributed by atoms with van der Waals surface area (Å²) in [6.07, 6.45) is 5.20. The number of aryl methyl sites for hydroxylation is 2. The average molecular weight is 418 g/mol. The van der Waals surface area contributed by atoms with Crippen molar-refractivity contribution >= 4 is 56.5 Å². The van der Waals surface area contributed by atoms with Gasteiger partial charge in [-0.15, -0.1) is 11.3 Å². The summed E-state index contributed by atoms with van der Waals surface area (Å²) in [5.41, 5.74) is 2.76. The van der Waals surface area contributed by atoms with E-state index in [9.17, 15) is 4.79 Å². The zero-order chi connectivity index (χ0) is 19.0. The van der Waals surface area contributed by atoms with Crippen LogP contribution >= 0.6 is 34.7 Å². The zero-order valence-corrected chi connectivity index (χ0v) is 17.1. The highest BCUT2D eigenvalue weighted by atomic mass is 35.5. The molecule has 0 aliphatic heterocycles. The number of thioether (sulfide) groups is 1. The third-order valence-corrected chi connectivity index (χ3v) is 6.53. The van der Waals surface area contributed by atoms with Crippen molar-refractivity contribution in [1.82, 2.24) is 24.7 Å². The summed E-state index contributed by atoms with van der Waals surface area (Å²) in [6.45, 7) is 4.51. The molecule has 0 aliphatic carbocycles. The van der Waals surface area contributed by atoms with Gasteiger partial charge in [-0.1, -0.05) is 23.4 Å². The van der Waals surface area contributed by atoms with Crippen LogP contribution in [0, 0.1) is 13.8 Å². The Labute approximate surface area is 169 Å². The molecule has 4 aromatic rings. The van der Waals surface area contributed by atoms with Crippen molar-refractivity contribution in [2.24, 2.45) is 0 Å². The van der Waals surface area contributed by atoms with E-state index in [0.29, 0.717) is 17.3 Å². The normalized spacial score (nSPS) is 11.4. The van der Waals surface area contributed by atoms with Crippen LogP contribution in [0.25, 0.3) is 15.9 Å². The molecule has 0 radical (unpaired) electrons. The molecule has 0 unspecified atom stereocenters. The maximum atomic E-state index is 12.3. The molecule has 1 amide bonds. The summed E-state index contributed by atoms with van der Waals surface area (Å²) in [5.74, 6) is 0.228. The molecule has 1 N–H and O–H groups in total. The Hall–Kier alpha value is -2.16. The van der Waals surface area contributed by atoms with Crippen molar-refractivity contribution < 1.29 is 4.79 Å². The van der Waals surface area contributed by atoms with Crippen LogP contribution in [-0.2, 0) is 11.3 Å². The number of hydrogen-bond donors (Lipinski definition) is 1. The predicted octanol–water partition coefficient (Wildman–Crippen LogP) is 4.02. The van der Waals surface area contributed by atoms with Gasteiger partial charge in [0.1, 0.15) is 21.8 Å². The number of rotatable bonds is 5. The zero-order valence-electron chi connectivity index (χ0n) is 14.7. The van der Waals surface area contributed by atoms with E-state index in [1.807, 2.05) is 16.7 Å². The number of halogens is 1. The number of carbonyl (C=O) groups excluding carboxylic acids is 1. The quantitative estimate of drug-likeness (QED) is 0.392. The second-order valence-corrected chi connectivity index (χ2v) is 8.66. The lowest BCUT2D eigenvalue weighted by Gasteiger charge is -2.04. The molecular weight excluding hydrogens is 402 g/mol. The smallest absolute Gasteiger partial charge is 0.230 e. The summed E-state index contributed by atoms with van der Waals surface area (Å²) in [6, 6.07) is 3.63. The van der Waals surface area contributed by atoms with Crippen molar-refractivity contribution in [2.75, 3.05) is 5.75 Å². The van der Waals surface area contributed by atoms with Crippen LogP contribution in [0.5, 0.6) is 0 Å². The first-order valence-electron chi connectivity index (χ1n) is 8.24. The fourth-order valence-electron chi connectivity index (χ4n) is 2.74. The van der Waals surface area contributed by atoms with E-state index >= 15 is 0 Å². The number of amides is 1. The summed E-state index contributed by atoms with van der Waals surface area (Å²) in [5, 5.41) is 5.44. The maximum Gasteiger partial charge on any atom is 0.230 e. The molecule has 6 nitrogen and oxygen atoms in total. The lowest BCUT2D eigenvalue weighted by Crippen LogP contribution is -2.24. The number of pyridine rings is 1. The summed E-state index contributed by atoms with van der Waals surface area (Å²) < 4.78 is 1.85. The molecule has 0 saturated carbocycles. The number of hydrogen-bond acceptors (Lipinski definition) is 6. The third-order valence-electron chi connectivity index (χ3n) is 4.20. The van der Waals surface area contributed by atoms with E-state index in [-0.39, 0.29) is 5.91 Å². The SMILES string of the molecule is Cc1sc2ncnc(SCC(=O)NCc3cn4cc(Cl)ccc4n3)c2c1C. The largest absolute Gasteiger partial charge is 0.350 e. The molecule has 9 heteroatoms. The molecule has 4 rings (SSSR count). The van der Waals surface area contributed by atoms with Crippen LogP contribution < -0.4 is 5.32 Å². The third kappa shape index (κ3) is 3.78. The van der Waals surface area contributed by atoms with Crippen LogP contribution in [0.1, 0.15) is 16.1 Å². The second kappa shape index (κ2) is 7.46. The first-order valence-corrected chi connectivity index (χ1v) is 10.4. The first-order chi connectivity index (χ1) is 13.0. The number of nitrogens with zero attached hydrogens (tertiary/aromatic N) is 4. The monoisotopic (exact) mass is 417 g/mol. The Kier molecular flexibility index (Phi) is 5.03. The molecule has 27 heavy (non-hydrogen) atoms. The minimum Gasteiger partial charge on any atom is -0.350 e. The average Bonchev–Trinajstić information content (AvgIpc) is 3.18. The Morgan fingerprint density at radius 3 is 3.00 bits per heavy atom. The molecule has 0 spiro atoms. The minimum atomic E-state index is -0.0635. The van der Waals surface area contributed by atoms with Crippen LogP contribution in [0.3, 0.4) is 0 Å². The molecule has 0 fully saturated rings. The minimum absolute atomic E-state index is 0.0635. The fourth-order valence-corrected chi connectivity index (χ4v) is 4.85. The lowest BCUT2D eigenvalue weighted by atomic mass is 10.2. The van der Waals surface area contributed by atoms with Gasteiger partial charge in [0.15, 0.2) is 0 Å². The number of imidazole rings is 1. The number of carbonyl (C=O) groups is 1. The number of nitrogens with one attached hydrogen (secondary N) is 1. The van der Waals surface area contributed by atoms with Crippen molar-refractivity contribution in [3.05, 3.63) is 52.0 Å². The van der Waals surface area contributed by atoms with Crippen molar-refractivity contribution in [2.45, 2.75) is 25.4 Å². The highest BCUT2D eigenvalue weighted by Crippen LogP contribution is 2.34. The van der Waals surface area contributed by atoms with Crippen LogP contribution in [-0.4, -0.2) is 31.0 Å². The Balaban J connectivity index is 1.40. The number of aromatic nitrogens is 4. The van der Waals surface area contributed by atoms with Gasteiger partial charge < -0.3 is 9.72 Å². The molecule has 4 heterocycles. The van der Waals surface area contributed by atoms with Gasteiger partial charge in [0.25, 0.3) is 0 Å². The molecule has 4 aromatic heterocycles. The highest BCUT2D eigenvalue weighted by molar-refractivity contribution is 8.00. The van der Waals surface area contributed by atoms with E-state index < -0.39 is 0 Å². The molecule has 0 atom stereocenters. The topological polar surface area (TPSA) is 72.2 Å². The standard InChI is InChI=1S/C18H16ClN5OS2/c1-10-11(2)27-18-16(10)17(21-9-22-18)26-8-15(25)20-5-13-7-24-6-12(19)3-4-14(24)23-13/h3-4,6-7,9H,5,8H2,1-2H3,(H,20,25). The van der Waals surface area contributed by atoms with E-state index in [1.54, 1.807) is 29.9 Å². The first kappa shape index (κ1) is 18.2. The van der Waals surface area contributed by atoms with Gasteiger partial charge in [0, 0.05) is 22.7 Å². The molecule has 0 bridgehead atoms. The van der Waals surface area contributed by atoms with Gasteiger partial charge in [0.2, 0.25) is 5.91 Å². The fraction of sp³-hybridized carbons (Fsp3) is 0.222. The van der Waals surface area contributed by atoms with Crippen molar-refractivity contribution in [3.8, 4) is 0 Å². The molecule has 0 saturated heterocycles.